The lowest BCUT2D eigenvalue weighted by atomic mass is 9.70. The highest BCUT2D eigenvalue weighted by molar-refractivity contribution is 6.00. The number of nitrogens with zero attached hydrogens (tertiary/aromatic N) is 1. The summed E-state index contributed by atoms with van der Waals surface area (Å²) in [6.45, 7) is 19.0. The predicted molar refractivity (Wildman–Crippen MR) is 256 cm³/mol. The summed E-state index contributed by atoms with van der Waals surface area (Å²) in [5.41, 5.74) is 23.0. The Balaban J connectivity index is 1.08. The molecule has 60 heavy (non-hydrogen) atoms. The maximum Gasteiger partial charge on any atom is 0.0725 e. The number of fused-ring (bicyclic) bond motifs is 10. The summed E-state index contributed by atoms with van der Waals surface area (Å²) < 4.78 is 0. The van der Waals surface area contributed by atoms with Crippen LogP contribution in [0.15, 0.2) is 219 Å². The summed E-state index contributed by atoms with van der Waals surface area (Å²) in [6.07, 6.45) is 12.1. The molecule has 0 amide bonds. The first-order chi connectivity index (χ1) is 29.3. The minimum absolute atomic E-state index is 0.113. The third-order valence-electron chi connectivity index (χ3n) is 13.2. The molecule has 1 unspecified atom stereocenters. The SMILES string of the molecule is C=C/C=C(\C=C)c1ccc(N(c2ccc(-c3ccc4c(c3)-c3ccccc3C43C(=C/C=C)/C(=C\C)c4ccccc43)cc2)c2ccc3c(c2)C(C)(C)c2ccccc2-3)cc1. The molecule has 1 heteroatoms. The fourth-order valence-corrected chi connectivity index (χ4v) is 10.5. The van der Waals surface area contributed by atoms with Crippen LogP contribution >= 0.6 is 0 Å². The van der Waals surface area contributed by atoms with Gasteiger partial charge in [-0.1, -0.05) is 185 Å². The molecule has 3 aliphatic carbocycles. The van der Waals surface area contributed by atoms with Crippen LogP contribution in [0.25, 0.3) is 44.5 Å². The molecule has 0 bridgehead atoms. The third-order valence-corrected chi connectivity index (χ3v) is 13.2. The van der Waals surface area contributed by atoms with Gasteiger partial charge in [-0.3, -0.25) is 0 Å². The van der Waals surface area contributed by atoms with E-state index in [-0.39, 0.29) is 5.41 Å². The van der Waals surface area contributed by atoms with Crippen molar-refractivity contribution in [2.75, 3.05) is 4.90 Å². The average Bonchev–Trinajstić information content (AvgIpc) is 3.83. The van der Waals surface area contributed by atoms with Gasteiger partial charge in [-0.05, 0) is 138 Å². The van der Waals surface area contributed by atoms with Gasteiger partial charge in [0, 0.05) is 22.5 Å². The molecule has 0 N–H and O–H groups in total. The van der Waals surface area contributed by atoms with Gasteiger partial charge in [-0.2, -0.15) is 0 Å². The number of allylic oxidation sites excluding steroid dienone is 9. The zero-order valence-corrected chi connectivity index (χ0v) is 34.5. The molecule has 0 fully saturated rings. The number of benzene rings is 7. The fourth-order valence-electron chi connectivity index (χ4n) is 10.5. The highest BCUT2D eigenvalue weighted by atomic mass is 15.1. The second-order valence-electron chi connectivity index (χ2n) is 16.5. The Morgan fingerprint density at radius 3 is 1.70 bits per heavy atom. The molecular weight excluding hydrogens is 723 g/mol. The smallest absolute Gasteiger partial charge is 0.0725 e. The van der Waals surface area contributed by atoms with Crippen molar-refractivity contribution >= 4 is 28.2 Å². The highest BCUT2D eigenvalue weighted by Crippen LogP contribution is 2.64. The normalized spacial score (nSPS) is 17.8. The Bertz CT molecular complexity index is 3000. The van der Waals surface area contributed by atoms with E-state index >= 15 is 0 Å². The van der Waals surface area contributed by atoms with Crippen LogP contribution in [0.5, 0.6) is 0 Å². The first-order valence-corrected chi connectivity index (χ1v) is 20.9. The minimum atomic E-state index is -0.406. The van der Waals surface area contributed by atoms with E-state index in [1.54, 1.807) is 0 Å². The van der Waals surface area contributed by atoms with E-state index in [1.165, 1.54) is 77.9 Å². The van der Waals surface area contributed by atoms with Crippen molar-refractivity contribution in [1.29, 1.82) is 0 Å². The van der Waals surface area contributed by atoms with Crippen LogP contribution in [-0.4, -0.2) is 0 Å². The number of anilines is 3. The van der Waals surface area contributed by atoms with Crippen molar-refractivity contribution in [3.63, 3.8) is 0 Å². The van der Waals surface area contributed by atoms with Crippen molar-refractivity contribution in [3.8, 4) is 33.4 Å². The third kappa shape index (κ3) is 5.32. The van der Waals surface area contributed by atoms with E-state index in [0.29, 0.717) is 0 Å². The second-order valence-corrected chi connectivity index (χ2v) is 16.5. The van der Waals surface area contributed by atoms with Gasteiger partial charge in [-0.15, -0.1) is 0 Å². The molecule has 10 rings (SSSR count). The molecule has 288 valence electrons. The first-order valence-electron chi connectivity index (χ1n) is 20.9. The van der Waals surface area contributed by atoms with Crippen LogP contribution in [-0.2, 0) is 10.8 Å². The van der Waals surface area contributed by atoms with Gasteiger partial charge in [0.2, 0.25) is 0 Å². The molecule has 0 heterocycles. The Morgan fingerprint density at radius 1 is 0.500 bits per heavy atom. The van der Waals surface area contributed by atoms with Gasteiger partial charge in [0.15, 0.2) is 0 Å². The van der Waals surface area contributed by atoms with Crippen molar-refractivity contribution in [2.45, 2.75) is 31.6 Å². The van der Waals surface area contributed by atoms with Crippen LogP contribution in [0, 0.1) is 0 Å². The molecule has 0 aliphatic heterocycles. The van der Waals surface area contributed by atoms with Crippen LogP contribution in [0.1, 0.15) is 59.7 Å². The standard InChI is InChI=1S/C59H47N/c1-7-17-39(9-3)40-25-30-43(31-26-40)60(45-34-35-50-48-20-11-14-22-52(48)58(5,6)57(50)38-45)44-32-27-41(28-33-44)42-29-36-56-51(37-42)49-21-13-16-24-55(49)59(56)53(18-8-2)46(10-4)47-19-12-15-23-54(47)59/h7-38H,1-3H2,4-6H3/b39-17+,46-10-,53-18+. The second kappa shape index (κ2) is 14.3. The lowest BCUT2D eigenvalue weighted by molar-refractivity contribution is 0.660. The average molecular weight is 770 g/mol. The van der Waals surface area contributed by atoms with Gasteiger partial charge in [0.1, 0.15) is 0 Å². The zero-order valence-electron chi connectivity index (χ0n) is 34.5. The zero-order chi connectivity index (χ0) is 41.2. The van der Waals surface area contributed by atoms with Crippen LogP contribution in [0.4, 0.5) is 17.1 Å². The van der Waals surface area contributed by atoms with Gasteiger partial charge in [0.25, 0.3) is 0 Å². The highest BCUT2D eigenvalue weighted by Gasteiger charge is 2.53. The summed E-state index contributed by atoms with van der Waals surface area (Å²) in [5, 5.41) is 0. The van der Waals surface area contributed by atoms with Gasteiger partial charge >= 0.3 is 0 Å². The quantitative estimate of drug-likeness (QED) is 0.139. The lowest BCUT2D eigenvalue weighted by Gasteiger charge is -2.31. The minimum Gasteiger partial charge on any atom is -0.310 e. The molecule has 7 aromatic rings. The summed E-state index contributed by atoms with van der Waals surface area (Å²) in [5.74, 6) is 0. The molecule has 1 nitrogen and oxygen atoms in total. The Kier molecular flexibility index (Phi) is 8.81. The van der Waals surface area contributed by atoms with Crippen molar-refractivity contribution in [2.24, 2.45) is 0 Å². The molecule has 0 aromatic heterocycles. The van der Waals surface area contributed by atoms with E-state index in [9.17, 15) is 0 Å². The Morgan fingerprint density at radius 2 is 1.05 bits per heavy atom. The Hall–Kier alpha value is -7.22. The molecule has 0 saturated heterocycles. The maximum atomic E-state index is 4.17. The maximum absolute atomic E-state index is 4.17. The van der Waals surface area contributed by atoms with E-state index in [2.05, 4.69) is 215 Å². The monoisotopic (exact) mass is 769 g/mol. The largest absolute Gasteiger partial charge is 0.310 e. The first kappa shape index (κ1) is 37.1. The van der Waals surface area contributed by atoms with Gasteiger partial charge in [-0.25, -0.2) is 0 Å². The molecule has 1 atom stereocenters. The molecular formula is C59H47N. The Labute approximate surface area is 355 Å². The summed E-state index contributed by atoms with van der Waals surface area (Å²) in [4.78, 5) is 2.38. The summed E-state index contributed by atoms with van der Waals surface area (Å²) >= 11 is 0. The molecule has 0 radical (unpaired) electrons. The molecule has 3 aliphatic rings. The molecule has 0 saturated carbocycles. The summed E-state index contributed by atoms with van der Waals surface area (Å²) in [7, 11) is 0. The summed E-state index contributed by atoms with van der Waals surface area (Å²) in [6, 6.07) is 58.7. The van der Waals surface area contributed by atoms with E-state index in [1.807, 2.05) is 24.3 Å². The van der Waals surface area contributed by atoms with E-state index in [4.69, 9.17) is 0 Å². The number of hydrogen-bond acceptors (Lipinski definition) is 1. The number of rotatable bonds is 8. The molecule has 1 spiro atoms. The van der Waals surface area contributed by atoms with Crippen LogP contribution in [0.2, 0.25) is 0 Å². The van der Waals surface area contributed by atoms with Crippen LogP contribution < -0.4 is 4.90 Å². The molecule has 7 aromatic carbocycles. The topological polar surface area (TPSA) is 3.24 Å². The number of hydrogen-bond donors (Lipinski definition) is 0. The lowest BCUT2D eigenvalue weighted by Crippen LogP contribution is -2.26. The van der Waals surface area contributed by atoms with E-state index in [0.717, 1.165) is 28.2 Å². The van der Waals surface area contributed by atoms with E-state index < -0.39 is 5.41 Å². The van der Waals surface area contributed by atoms with Crippen LogP contribution in [0.3, 0.4) is 0 Å². The van der Waals surface area contributed by atoms with Crippen molar-refractivity contribution in [3.05, 3.63) is 258 Å². The van der Waals surface area contributed by atoms with Crippen molar-refractivity contribution in [1.82, 2.24) is 0 Å². The van der Waals surface area contributed by atoms with Gasteiger partial charge in [0.05, 0.1) is 5.41 Å². The predicted octanol–water partition coefficient (Wildman–Crippen LogP) is 15.7. The van der Waals surface area contributed by atoms with Crippen molar-refractivity contribution < 1.29 is 0 Å². The fraction of sp³-hybridized carbons (Fsp3) is 0.0847. The van der Waals surface area contributed by atoms with Gasteiger partial charge < -0.3 is 4.90 Å².